The second-order valence-electron chi connectivity index (χ2n) is 10.4. The van der Waals surface area contributed by atoms with Crippen molar-refractivity contribution in [2.45, 2.75) is 32.4 Å². The Morgan fingerprint density at radius 1 is 0.927 bits per heavy atom. The summed E-state index contributed by atoms with van der Waals surface area (Å²) >= 11 is 0. The van der Waals surface area contributed by atoms with Crippen molar-refractivity contribution in [1.82, 2.24) is 19.9 Å². The average Bonchev–Trinajstić information content (AvgIpc) is 3.45. The minimum absolute atomic E-state index is 0.247. The lowest BCUT2D eigenvalue weighted by Gasteiger charge is -2.34. The molecule has 1 fully saturated rings. The minimum Gasteiger partial charge on any atom is -0.381 e. The Hall–Kier alpha value is -4.69. The van der Waals surface area contributed by atoms with E-state index in [1.165, 1.54) is 5.56 Å². The van der Waals surface area contributed by atoms with Crippen LogP contribution in [0.15, 0.2) is 97.3 Å². The van der Waals surface area contributed by atoms with Gasteiger partial charge in [0.05, 0.1) is 6.20 Å². The number of benzene rings is 3. The van der Waals surface area contributed by atoms with Gasteiger partial charge in [0.1, 0.15) is 5.69 Å². The summed E-state index contributed by atoms with van der Waals surface area (Å²) in [5.74, 6) is -0.247. The summed E-state index contributed by atoms with van der Waals surface area (Å²) in [5, 5.41) is 14.5. The molecule has 0 atom stereocenters. The van der Waals surface area contributed by atoms with Gasteiger partial charge in [0.15, 0.2) is 5.65 Å². The first-order valence-corrected chi connectivity index (χ1v) is 14.3. The third kappa shape index (κ3) is 6.23. The van der Waals surface area contributed by atoms with Gasteiger partial charge in [-0.05, 0) is 66.9 Å². The minimum atomic E-state index is -0.247. The molecule has 0 saturated carbocycles. The van der Waals surface area contributed by atoms with Crippen molar-refractivity contribution < 1.29 is 4.79 Å². The largest absolute Gasteiger partial charge is 0.381 e. The van der Waals surface area contributed by atoms with E-state index < -0.39 is 0 Å². The number of nitrogens with zero attached hydrogens (tertiary/aromatic N) is 4. The summed E-state index contributed by atoms with van der Waals surface area (Å²) in [6.45, 7) is 5.92. The molecule has 41 heavy (non-hydrogen) atoms. The Morgan fingerprint density at radius 2 is 1.73 bits per heavy atom. The standard InChI is InChI=1S/C33H35N7O/c1-2-34-27-15-18-39(19-16-27)29-10-6-9-28(21-29)37-33(41)31-17-20-40-32(38-31)30(23-36-40)25-11-13-26(14-12-25)35-22-24-7-4-3-5-8-24/h3-14,17,20-21,23,27,34-35H,2,15-16,18-19,22H2,1H3,(H,37,41). The maximum atomic E-state index is 13.2. The molecule has 208 valence electrons. The van der Waals surface area contributed by atoms with Crippen molar-refractivity contribution in [2.24, 2.45) is 0 Å². The number of piperidine rings is 1. The SMILES string of the molecule is CCNC1CCN(c2cccc(NC(=O)c3ccn4ncc(-c5ccc(NCc6ccccc6)cc5)c4n3)c2)CC1. The summed E-state index contributed by atoms with van der Waals surface area (Å²) in [4.78, 5) is 20.3. The van der Waals surface area contributed by atoms with E-state index in [-0.39, 0.29) is 5.91 Å². The van der Waals surface area contributed by atoms with Crippen molar-refractivity contribution >= 4 is 28.6 Å². The molecule has 1 saturated heterocycles. The van der Waals surface area contributed by atoms with Crippen LogP contribution in [0.1, 0.15) is 35.8 Å². The van der Waals surface area contributed by atoms with Gasteiger partial charge in [0.2, 0.25) is 0 Å². The van der Waals surface area contributed by atoms with Crippen molar-refractivity contribution in [3.8, 4) is 11.1 Å². The molecular weight excluding hydrogens is 510 g/mol. The average molecular weight is 546 g/mol. The summed E-state index contributed by atoms with van der Waals surface area (Å²) in [6, 6.07) is 28.8. The van der Waals surface area contributed by atoms with E-state index in [9.17, 15) is 4.79 Å². The molecule has 0 radical (unpaired) electrons. The highest BCUT2D eigenvalue weighted by Gasteiger charge is 2.19. The van der Waals surface area contributed by atoms with Crippen molar-refractivity contribution in [2.75, 3.05) is 35.2 Å². The summed E-state index contributed by atoms with van der Waals surface area (Å²) < 4.78 is 1.70. The highest BCUT2D eigenvalue weighted by atomic mass is 16.1. The lowest BCUT2D eigenvalue weighted by Crippen LogP contribution is -2.42. The maximum Gasteiger partial charge on any atom is 0.274 e. The smallest absolute Gasteiger partial charge is 0.274 e. The third-order valence-electron chi connectivity index (χ3n) is 7.59. The molecule has 3 aromatic carbocycles. The summed E-state index contributed by atoms with van der Waals surface area (Å²) in [6.07, 6.45) is 5.81. The lowest BCUT2D eigenvalue weighted by atomic mass is 10.0. The number of nitrogens with one attached hydrogen (secondary N) is 3. The van der Waals surface area contributed by atoms with Gasteiger partial charge in [-0.3, -0.25) is 4.79 Å². The normalized spacial score (nSPS) is 13.8. The topological polar surface area (TPSA) is 86.6 Å². The van der Waals surface area contributed by atoms with E-state index >= 15 is 0 Å². The monoisotopic (exact) mass is 545 g/mol. The number of anilines is 3. The maximum absolute atomic E-state index is 13.2. The molecule has 1 amide bonds. The molecule has 1 aliphatic rings. The Balaban J connectivity index is 1.14. The molecule has 8 nitrogen and oxygen atoms in total. The number of amides is 1. The fourth-order valence-corrected chi connectivity index (χ4v) is 5.37. The van der Waals surface area contributed by atoms with Crippen LogP contribution in [0.2, 0.25) is 0 Å². The second kappa shape index (κ2) is 12.2. The zero-order valence-electron chi connectivity index (χ0n) is 23.3. The number of fused-ring (bicyclic) bond motifs is 1. The van der Waals surface area contributed by atoms with E-state index in [4.69, 9.17) is 4.98 Å². The highest BCUT2D eigenvalue weighted by molar-refractivity contribution is 6.03. The zero-order valence-corrected chi connectivity index (χ0v) is 23.3. The van der Waals surface area contributed by atoms with Crippen molar-refractivity contribution in [3.05, 3.63) is 109 Å². The first kappa shape index (κ1) is 26.5. The quantitative estimate of drug-likeness (QED) is 0.216. The van der Waals surface area contributed by atoms with Gasteiger partial charge in [-0.15, -0.1) is 0 Å². The number of rotatable bonds is 9. The number of aromatic nitrogens is 3. The number of hydrogen-bond acceptors (Lipinski definition) is 6. The lowest BCUT2D eigenvalue weighted by molar-refractivity contribution is 0.102. The number of carbonyl (C=O) groups is 1. The van der Waals surface area contributed by atoms with Crippen LogP contribution in [0.25, 0.3) is 16.8 Å². The Bertz CT molecular complexity index is 1610. The fraction of sp³-hybridized carbons (Fsp3) is 0.242. The van der Waals surface area contributed by atoms with Crippen molar-refractivity contribution in [3.63, 3.8) is 0 Å². The Morgan fingerprint density at radius 3 is 2.51 bits per heavy atom. The van der Waals surface area contributed by atoms with Crippen LogP contribution < -0.4 is 20.9 Å². The zero-order chi connectivity index (χ0) is 28.0. The van der Waals surface area contributed by atoms with E-state index in [0.717, 1.165) is 67.2 Å². The van der Waals surface area contributed by atoms with Crippen LogP contribution in [0.3, 0.4) is 0 Å². The van der Waals surface area contributed by atoms with Gasteiger partial charge in [-0.2, -0.15) is 5.10 Å². The van der Waals surface area contributed by atoms with Crippen LogP contribution in [-0.2, 0) is 6.54 Å². The summed E-state index contributed by atoms with van der Waals surface area (Å²) in [7, 11) is 0. The highest BCUT2D eigenvalue weighted by Crippen LogP contribution is 2.26. The molecule has 0 aliphatic carbocycles. The molecule has 3 heterocycles. The third-order valence-corrected chi connectivity index (χ3v) is 7.59. The molecule has 2 aromatic heterocycles. The van der Waals surface area contributed by atoms with Crippen LogP contribution in [0, 0.1) is 0 Å². The van der Waals surface area contributed by atoms with Gasteiger partial charge in [-0.1, -0.05) is 55.5 Å². The molecule has 1 aliphatic heterocycles. The van der Waals surface area contributed by atoms with E-state index in [1.807, 2.05) is 60.7 Å². The first-order chi connectivity index (χ1) is 20.2. The van der Waals surface area contributed by atoms with Gasteiger partial charge in [0, 0.05) is 54.5 Å². The van der Waals surface area contributed by atoms with Gasteiger partial charge < -0.3 is 20.9 Å². The molecule has 6 rings (SSSR count). The number of hydrogen-bond donors (Lipinski definition) is 3. The Labute approximate surface area is 240 Å². The predicted molar refractivity (Wildman–Crippen MR) is 165 cm³/mol. The van der Waals surface area contributed by atoms with Crippen molar-refractivity contribution in [1.29, 1.82) is 0 Å². The van der Waals surface area contributed by atoms with Gasteiger partial charge in [0.25, 0.3) is 5.91 Å². The van der Waals surface area contributed by atoms with Crippen LogP contribution >= 0.6 is 0 Å². The van der Waals surface area contributed by atoms with Crippen LogP contribution in [0.5, 0.6) is 0 Å². The molecule has 0 unspecified atom stereocenters. The molecule has 8 heteroatoms. The molecule has 0 bridgehead atoms. The molecule has 5 aromatic rings. The van der Waals surface area contributed by atoms with E-state index in [1.54, 1.807) is 23.0 Å². The predicted octanol–water partition coefficient (Wildman–Crippen LogP) is 5.84. The van der Waals surface area contributed by atoms with E-state index in [0.29, 0.717) is 17.4 Å². The molecule has 3 N–H and O–H groups in total. The second-order valence-corrected chi connectivity index (χ2v) is 10.4. The van der Waals surface area contributed by atoms with E-state index in [2.05, 4.69) is 51.1 Å². The van der Waals surface area contributed by atoms with Gasteiger partial charge in [-0.25, -0.2) is 9.50 Å². The first-order valence-electron chi connectivity index (χ1n) is 14.3. The van der Waals surface area contributed by atoms with Gasteiger partial charge >= 0.3 is 0 Å². The Kier molecular flexibility index (Phi) is 7.91. The number of carbonyl (C=O) groups excluding carboxylic acids is 1. The summed E-state index contributed by atoms with van der Waals surface area (Å²) in [5.41, 5.74) is 6.99. The van der Waals surface area contributed by atoms with Crippen LogP contribution in [-0.4, -0.2) is 46.2 Å². The molecule has 0 spiro atoms. The molecular formula is C33H35N7O. The fourth-order valence-electron chi connectivity index (χ4n) is 5.37. The van der Waals surface area contributed by atoms with Crippen LogP contribution in [0.4, 0.5) is 17.1 Å².